The molecule has 0 aliphatic carbocycles. The second-order valence-corrected chi connectivity index (χ2v) is 5.68. The first-order valence-electron chi connectivity index (χ1n) is 5.09. The van der Waals surface area contributed by atoms with Crippen molar-refractivity contribution in [3.63, 3.8) is 0 Å². The van der Waals surface area contributed by atoms with E-state index in [1.807, 2.05) is 6.92 Å². The van der Waals surface area contributed by atoms with Gasteiger partial charge in [-0.2, -0.15) is 0 Å². The zero-order chi connectivity index (χ0) is 13.1. The molecule has 0 amide bonds. The third-order valence-corrected chi connectivity index (χ3v) is 4.13. The highest BCUT2D eigenvalue weighted by molar-refractivity contribution is 7.91. The van der Waals surface area contributed by atoms with Crippen LogP contribution < -0.4 is 0 Å². The van der Waals surface area contributed by atoms with Crippen LogP contribution in [0.5, 0.6) is 0 Å². The van der Waals surface area contributed by atoms with Gasteiger partial charge in [0, 0.05) is 0 Å². The van der Waals surface area contributed by atoms with E-state index in [-0.39, 0.29) is 16.2 Å². The molecule has 1 aromatic carbocycles. The van der Waals surface area contributed by atoms with Gasteiger partial charge in [0.2, 0.25) is 0 Å². The van der Waals surface area contributed by atoms with Gasteiger partial charge in [-0.3, -0.25) is 0 Å². The summed E-state index contributed by atoms with van der Waals surface area (Å²) >= 11 is 0. The molecule has 4 nitrogen and oxygen atoms in total. The zero-order valence-corrected chi connectivity index (χ0v) is 10.3. The number of carboxylic acids is 1. The predicted molar refractivity (Wildman–Crippen MR) is 64.9 cm³/mol. The van der Waals surface area contributed by atoms with Crippen LogP contribution in [-0.4, -0.2) is 25.2 Å². The summed E-state index contributed by atoms with van der Waals surface area (Å²) in [5.41, 5.74) is 0.700. The molecule has 1 aromatic rings. The number of benzene rings is 1. The fourth-order valence-corrected chi connectivity index (χ4v) is 2.72. The van der Waals surface area contributed by atoms with E-state index in [0.717, 1.165) is 0 Å². The lowest BCUT2D eigenvalue weighted by Gasteiger charge is -2.05. The normalized spacial score (nSPS) is 11.1. The van der Waals surface area contributed by atoms with E-state index in [1.165, 1.54) is 24.3 Å². The third-order valence-electron chi connectivity index (χ3n) is 2.35. The SMILES string of the molecule is C=C(CC)CS(=O)(=O)c1ccc(C(=O)O)cc1. The van der Waals surface area contributed by atoms with E-state index < -0.39 is 15.8 Å². The molecule has 0 radical (unpaired) electrons. The summed E-state index contributed by atoms with van der Waals surface area (Å²) in [6.45, 7) is 5.50. The number of carboxylic acid groups (broad SMARTS) is 1. The van der Waals surface area contributed by atoms with Gasteiger partial charge in [-0.15, -0.1) is 0 Å². The molecule has 0 bridgehead atoms. The molecule has 17 heavy (non-hydrogen) atoms. The minimum Gasteiger partial charge on any atom is -0.478 e. The van der Waals surface area contributed by atoms with Crippen LogP contribution in [0.2, 0.25) is 0 Å². The van der Waals surface area contributed by atoms with E-state index in [1.54, 1.807) is 0 Å². The summed E-state index contributed by atoms with van der Waals surface area (Å²) in [6, 6.07) is 5.18. The van der Waals surface area contributed by atoms with E-state index in [0.29, 0.717) is 12.0 Å². The molecule has 0 saturated heterocycles. The first-order chi connectivity index (χ1) is 7.86. The standard InChI is InChI=1S/C12H14O4S/c1-3-9(2)8-17(15,16)11-6-4-10(5-7-11)12(13)14/h4-7H,2-3,8H2,1H3,(H,13,14). The number of carbonyl (C=O) groups is 1. The summed E-state index contributed by atoms with van der Waals surface area (Å²) in [7, 11) is -3.41. The highest BCUT2D eigenvalue weighted by Crippen LogP contribution is 2.15. The summed E-state index contributed by atoms with van der Waals surface area (Å²) in [5, 5.41) is 8.70. The van der Waals surface area contributed by atoms with Crippen LogP contribution in [0.1, 0.15) is 23.7 Å². The Hall–Kier alpha value is -1.62. The Kier molecular flexibility index (Phi) is 4.07. The van der Waals surface area contributed by atoms with Gasteiger partial charge >= 0.3 is 5.97 Å². The Labute approximate surface area is 101 Å². The summed E-state index contributed by atoms with van der Waals surface area (Å²) in [4.78, 5) is 10.7. The molecule has 0 heterocycles. The quantitative estimate of drug-likeness (QED) is 0.817. The molecule has 92 valence electrons. The van der Waals surface area contributed by atoms with Gasteiger partial charge in [0.25, 0.3) is 0 Å². The van der Waals surface area contributed by atoms with Crippen molar-refractivity contribution in [2.24, 2.45) is 0 Å². The molecule has 0 saturated carbocycles. The molecule has 0 aromatic heterocycles. The van der Waals surface area contributed by atoms with Crippen LogP contribution in [0.3, 0.4) is 0 Å². The Bertz CT molecular complexity index is 526. The van der Waals surface area contributed by atoms with Crippen molar-refractivity contribution in [2.75, 3.05) is 5.75 Å². The average Bonchev–Trinajstić information content (AvgIpc) is 2.28. The van der Waals surface area contributed by atoms with Crippen LogP contribution in [0.15, 0.2) is 41.3 Å². The van der Waals surface area contributed by atoms with Gasteiger partial charge in [-0.25, -0.2) is 13.2 Å². The van der Waals surface area contributed by atoms with Crippen molar-refractivity contribution in [1.29, 1.82) is 0 Å². The van der Waals surface area contributed by atoms with Crippen LogP contribution in [-0.2, 0) is 9.84 Å². The Morgan fingerprint density at radius 3 is 2.24 bits per heavy atom. The number of rotatable bonds is 5. The largest absolute Gasteiger partial charge is 0.478 e. The zero-order valence-electron chi connectivity index (χ0n) is 9.51. The smallest absolute Gasteiger partial charge is 0.335 e. The topological polar surface area (TPSA) is 71.4 Å². The van der Waals surface area contributed by atoms with Crippen LogP contribution in [0, 0.1) is 0 Å². The number of sulfone groups is 1. The van der Waals surface area contributed by atoms with Gasteiger partial charge in [0.05, 0.1) is 16.2 Å². The maximum Gasteiger partial charge on any atom is 0.335 e. The highest BCUT2D eigenvalue weighted by Gasteiger charge is 2.15. The minimum atomic E-state index is -3.41. The third kappa shape index (κ3) is 3.42. The molecule has 0 aliphatic heterocycles. The number of hydrogen-bond acceptors (Lipinski definition) is 3. The Morgan fingerprint density at radius 1 is 1.29 bits per heavy atom. The first kappa shape index (κ1) is 13.4. The summed E-state index contributed by atoms with van der Waals surface area (Å²) in [5.74, 6) is -1.18. The first-order valence-corrected chi connectivity index (χ1v) is 6.75. The number of hydrogen-bond donors (Lipinski definition) is 1. The fourth-order valence-electron chi connectivity index (χ4n) is 1.26. The Balaban J connectivity index is 3.00. The number of aromatic carboxylic acids is 1. The summed E-state index contributed by atoms with van der Waals surface area (Å²) in [6.07, 6.45) is 0.604. The van der Waals surface area contributed by atoms with Crippen molar-refractivity contribution >= 4 is 15.8 Å². The van der Waals surface area contributed by atoms with Crippen molar-refractivity contribution in [3.8, 4) is 0 Å². The van der Waals surface area contributed by atoms with Crippen molar-refractivity contribution in [1.82, 2.24) is 0 Å². The second kappa shape index (κ2) is 5.14. The predicted octanol–water partition coefficient (Wildman–Crippen LogP) is 2.12. The second-order valence-electron chi connectivity index (χ2n) is 3.69. The Morgan fingerprint density at radius 2 is 1.82 bits per heavy atom. The highest BCUT2D eigenvalue weighted by atomic mass is 32.2. The molecular formula is C12H14O4S. The van der Waals surface area contributed by atoms with Gasteiger partial charge in [0.1, 0.15) is 0 Å². The van der Waals surface area contributed by atoms with E-state index >= 15 is 0 Å². The van der Waals surface area contributed by atoms with Crippen LogP contribution >= 0.6 is 0 Å². The molecule has 1 N–H and O–H groups in total. The van der Waals surface area contributed by atoms with E-state index in [2.05, 4.69) is 6.58 Å². The van der Waals surface area contributed by atoms with E-state index in [9.17, 15) is 13.2 Å². The van der Waals surface area contributed by atoms with Crippen LogP contribution in [0.4, 0.5) is 0 Å². The molecule has 0 fully saturated rings. The maximum atomic E-state index is 11.9. The van der Waals surface area contributed by atoms with Crippen LogP contribution in [0.25, 0.3) is 0 Å². The van der Waals surface area contributed by atoms with Gasteiger partial charge in [-0.1, -0.05) is 19.1 Å². The van der Waals surface area contributed by atoms with E-state index in [4.69, 9.17) is 5.11 Å². The molecule has 0 unspecified atom stereocenters. The van der Waals surface area contributed by atoms with Gasteiger partial charge in [-0.05, 0) is 30.7 Å². The van der Waals surface area contributed by atoms with Gasteiger partial charge in [0.15, 0.2) is 9.84 Å². The van der Waals surface area contributed by atoms with Gasteiger partial charge < -0.3 is 5.11 Å². The molecule has 5 heteroatoms. The molecule has 0 spiro atoms. The monoisotopic (exact) mass is 254 g/mol. The fraction of sp³-hybridized carbons (Fsp3) is 0.250. The average molecular weight is 254 g/mol. The molecule has 0 aliphatic rings. The lowest BCUT2D eigenvalue weighted by molar-refractivity contribution is 0.0697. The molecule has 0 atom stereocenters. The minimum absolute atomic E-state index is 0.0678. The van der Waals surface area contributed by atoms with Crippen molar-refractivity contribution < 1.29 is 18.3 Å². The van der Waals surface area contributed by atoms with Crippen molar-refractivity contribution in [2.45, 2.75) is 18.2 Å². The maximum absolute atomic E-state index is 11.9. The lowest BCUT2D eigenvalue weighted by atomic mass is 10.2. The molecular weight excluding hydrogens is 240 g/mol. The summed E-state index contributed by atoms with van der Waals surface area (Å²) < 4.78 is 23.7. The lowest BCUT2D eigenvalue weighted by Crippen LogP contribution is -2.08. The van der Waals surface area contributed by atoms with Crippen molar-refractivity contribution in [3.05, 3.63) is 42.0 Å². The molecule has 1 rings (SSSR count).